The summed E-state index contributed by atoms with van der Waals surface area (Å²) in [6.07, 6.45) is 3.79. The molecule has 1 fully saturated rings. The van der Waals surface area contributed by atoms with E-state index in [0.29, 0.717) is 24.2 Å². The molecule has 0 spiro atoms. The molecular weight excluding hydrogens is 440 g/mol. The smallest absolute Gasteiger partial charge is 0.409 e. The van der Waals surface area contributed by atoms with Crippen LogP contribution in [0.4, 0.5) is 16.2 Å². The molecule has 1 heterocycles. The minimum absolute atomic E-state index is 0.00891. The average Bonchev–Trinajstić information content (AvgIpc) is 3.31. The van der Waals surface area contributed by atoms with Crippen molar-refractivity contribution >= 4 is 40.6 Å². The number of anilines is 2. The predicted octanol–water partition coefficient (Wildman–Crippen LogP) is 4.46. The number of hydrogen-bond donors (Lipinski definition) is 4. The van der Waals surface area contributed by atoms with Gasteiger partial charge in [0.25, 0.3) is 0 Å². The third-order valence-corrected chi connectivity index (χ3v) is 7.30. The van der Waals surface area contributed by atoms with Gasteiger partial charge >= 0.3 is 6.09 Å². The van der Waals surface area contributed by atoms with E-state index in [2.05, 4.69) is 52.5 Å². The van der Waals surface area contributed by atoms with Crippen LogP contribution < -0.4 is 16.0 Å². The van der Waals surface area contributed by atoms with Gasteiger partial charge in [-0.15, -0.1) is 11.3 Å². The monoisotopic (exact) mass is 472 g/mol. The SMILES string of the molecule is CN(C)C1(c2cccs2)CCC(NC(=O)CCCC(=O)Nc2ccc(NC(=O)O)cc2)CC1. The molecule has 0 radical (unpaired) electrons. The molecular formula is C24H32N4O4S. The molecule has 9 heteroatoms. The van der Waals surface area contributed by atoms with Crippen LogP contribution >= 0.6 is 11.3 Å². The Morgan fingerprint density at radius 1 is 1.00 bits per heavy atom. The molecule has 1 aliphatic carbocycles. The fraction of sp³-hybridized carbons (Fsp3) is 0.458. The molecule has 0 bridgehead atoms. The Hall–Kier alpha value is -2.91. The lowest BCUT2D eigenvalue weighted by atomic mass is 9.77. The van der Waals surface area contributed by atoms with Crippen molar-refractivity contribution in [3.8, 4) is 0 Å². The van der Waals surface area contributed by atoms with E-state index < -0.39 is 6.09 Å². The highest BCUT2D eigenvalue weighted by molar-refractivity contribution is 7.10. The first-order valence-electron chi connectivity index (χ1n) is 11.2. The van der Waals surface area contributed by atoms with Crippen LogP contribution in [-0.2, 0) is 15.1 Å². The van der Waals surface area contributed by atoms with Crippen LogP contribution in [0.5, 0.6) is 0 Å². The third kappa shape index (κ3) is 6.79. The van der Waals surface area contributed by atoms with Crippen LogP contribution in [0.25, 0.3) is 0 Å². The molecule has 0 unspecified atom stereocenters. The van der Waals surface area contributed by atoms with E-state index >= 15 is 0 Å². The standard InChI is InChI=1S/C24H32N4O4S/c1-28(2)24(20-5-4-16-33-20)14-12-19(13-15-24)26-22(30)7-3-6-21(29)25-17-8-10-18(11-9-17)27-23(31)32/h4-5,8-11,16,19,27H,3,6-7,12-15H2,1-2H3,(H,25,29)(H,26,30)(H,31,32). The molecule has 2 aromatic rings. The highest BCUT2D eigenvalue weighted by Crippen LogP contribution is 2.43. The van der Waals surface area contributed by atoms with E-state index in [-0.39, 0.29) is 29.8 Å². The Bertz CT molecular complexity index is 936. The lowest BCUT2D eigenvalue weighted by Crippen LogP contribution is -2.48. The fourth-order valence-corrected chi connectivity index (χ4v) is 5.46. The number of benzene rings is 1. The zero-order valence-corrected chi connectivity index (χ0v) is 19.9. The zero-order chi connectivity index (χ0) is 23.8. The van der Waals surface area contributed by atoms with Gasteiger partial charge in [-0.2, -0.15) is 0 Å². The van der Waals surface area contributed by atoms with E-state index in [4.69, 9.17) is 5.11 Å². The first-order chi connectivity index (χ1) is 15.8. The van der Waals surface area contributed by atoms with E-state index in [0.717, 1.165) is 25.7 Å². The van der Waals surface area contributed by atoms with Crippen molar-refractivity contribution in [3.05, 3.63) is 46.7 Å². The summed E-state index contributed by atoms with van der Waals surface area (Å²) >= 11 is 1.80. The highest BCUT2D eigenvalue weighted by atomic mass is 32.1. The normalized spacial score (nSPS) is 20.3. The molecule has 0 saturated heterocycles. The highest BCUT2D eigenvalue weighted by Gasteiger charge is 2.39. The maximum atomic E-state index is 12.4. The molecule has 3 rings (SSSR count). The van der Waals surface area contributed by atoms with E-state index in [1.54, 1.807) is 35.6 Å². The van der Waals surface area contributed by atoms with E-state index in [9.17, 15) is 14.4 Å². The summed E-state index contributed by atoms with van der Waals surface area (Å²) in [6.45, 7) is 0. The molecule has 8 nitrogen and oxygen atoms in total. The summed E-state index contributed by atoms with van der Waals surface area (Å²) in [5.41, 5.74) is 1.06. The molecule has 1 aromatic carbocycles. The van der Waals surface area contributed by atoms with Crippen LogP contribution in [0.1, 0.15) is 49.8 Å². The Morgan fingerprint density at radius 3 is 2.15 bits per heavy atom. The second-order valence-corrected chi connectivity index (χ2v) is 9.60. The van der Waals surface area contributed by atoms with Gasteiger partial charge in [0.15, 0.2) is 0 Å². The topological polar surface area (TPSA) is 111 Å². The second-order valence-electron chi connectivity index (χ2n) is 8.65. The van der Waals surface area contributed by atoms with Gasteiger partial charge in [0.05, 0.1) is 5.54 Å². The molecule has 1 saturated carbocycles. The van der Waals surface area contributed by atoms with Crippen LogP contribution in [0, 0.1) is 0 Å². The van der Waals surface area contributed by atoms with Gasteiger partial charge in [0.1, 0.15) is 0 Å². The van der Waals surface area contributed by atoms with Gasteiger partial charge in [-0.1, -0.05) is 6.07 Å². The van der Waals surface area contributed by atoms with Crippen LogP contribution in [0.2, 0.25) is 0 Å². The Balaban J connectivity index is 1.37. The van der Waals surface area contributed by atoms with Crippen molar-refractivity contribution in [3.63, 3.8) is 0 Å². The molecule has 1 aromatic heterocycles. The van der Waals surface area contributed by atoms with Gasteiger partial charge in [0, 0.05) is 35.1 Å². The lowest BCUT2D eigenvalue weighted by molar-refractivity contribution is -0.122. The average molecular weight is 473 g/mol. The number of amides is 3. The zero-order valence-electron chi connectivity index (χ0n) is 19.1. The minimum atomic E-state index is -1.14. The van der Waals surface area contributed by atoms with Gasteiger partial charge < -0.3 is 15.7 Å². The first-order valence-corrected chi connectivity index (χ1v) is 12.1. The van der Waals surface area contributed by atoms with Crippen LogP contribution in [0.15, 0.2) is 41.8 Å². The summed E-state index contributed by atoms with van der Waals surface area (Å²) in [4.78, 5) is 38.8. The molecule has 33 heavy (non-hydrogen) atoms. The number of carbonyl (C=O) groups is 3. The largest absolute Gasteiger partial charge is 0.465 e. The molecule has 1 aliphatic rings. The number of carbonyl (C=O) groups excluding carboxylic acids is 2. The maximum Gasteiger partial charge on any atom is 0.409 e. The second kappa shape index (κ2) is 11.3. The Kier molecular flexibility index (Phi) is 8.46. The quantitative estimate of drug-likeness (QED) is 0.431. The molecule has 3 amide bonds. The molecule has 4 N–H and O–H groups in total. The number of carboxylic acid groups (broad SMARTS) is 1. The molecule has 0 atom stereocenters. The lowest BCUT2D eigenvalue weighted by Gasteiger charge is -2.44. The van der Waals surface area contributed by atoms with Crippen LogP contribution in [0.3, 0.4) is 0 Å². The van der Waals surface area contributed by atoms with E-state index in [1.807, 2.05) is 0 Å². The summed E-state index contributed by atoms with van der Waals surface area (Å²) < 4.78 is 0. The summed E-state index contributed by atoms with van der Waals surface area (Å²) in [6, 6.07) is 10.9. The number of nitrogens with one attached hydrogen (secondary N) is 3. The van der Waals surface area contributed by atoms with Gasteiger partial charge in [-0.3, -0.25) is 19.8 Å². The maximum absolute atomic E-state index is 12.4. The summed E-state index contributed by atoms with van der Waals surface area (Å²) in [7, 11) is 4.26. The third-order valence-electron chi connectivity index (χ3n) is 6.24. The molecule has 0 aliphatic heterocycles. The van der Waals surface area contributed by atoms with Gasteiger partial charge in [-0.05, 0) is 81.9 Å². The Labute approximate surface area is 198 Å². The van der Waals surface area contributed by atoms with Gasteiger partial charge in [0.2, 0.25) is 11.8 Å². The van der Waals surface area contributed by atoms with Crippen molar-refractivity contribution in [2.24, 2.45) is 0 Å². The number of nitrogens with zero attached hydrogens (tertiary/aromatic N) is 1. The van der Waals surface area contributed by atoms with Gasteiger partial charge in [-0.25, -0.2) is 4.79 Å². The van der Waals surface area contributed by atoms with E-state index in [1.165, 1.54) is 4.88 Å². The number of hydrogen-bond acceptors (Lipinski definition) is 5. The van der Waals surface area contributed by atoms with Crippen molar-refractivity contribution < 1.29 is 19.5 Å². The van der Waals surface area contributed by atoms with Crippen molar-refractivity contribution in [2.45, 2.75) is 56.5 Å². The predicted molar refractivity (Wildman–Crippen MR) is 131 cm³/mol. The van der Waals surface area contributed by atoms with Crippen molar-refractivity contribution in [1.82, 2.24) is 10.2 Å². The summed E-state index contributed by atoms with van der Waals surface area (Å²) in [5, 5.41) is 19.0. The Morgan fingerprint density at radius 2 is 1.61 bits per heavy atom. The van der Waals surface area contributed by atoms with Crippen molar-refractivity contribution in [2.75, 3.05) is 24.7 Å². The fourth-order valence-electron chi connectivity index (χ4n) is 4.39. The molecule has 178 valence electrons. The first kappa shape index (κ1) is 24.7. The number of rotatable bonds is 9. The summed E-state index contributed by atoms with van der Waals surface area (Å²) in [5.74, 6) is -0.184. The van der Waals surface area contributed by atoms with Crippen molar-refractivity contribution in [1.29, 1.82) is 0 Å². The van der Waals surface area contributed by atoms with Crippen LogP contribution in [-0.4, -0.2) is 48.1 Å². The minimum Gasteiger partial charge on any atom is -0.465 e. The number of thiophene rings is 1.